The van der Waals surface area contributed by atoms with Crippen LogP contribution in [0.25, 0.3) is 0 Å². The van der Waals surface area contributed by atoms with E-state index in [9.17, 15) is 59.4 Å². The number of hydrogen-bond donors (Lipinski definition) is 0. The number of carbonyl (C=O) groups excluding carboxylic acids is 6. The predicted molar refractivity (Wildman–Crippen MR) is 147 cm³/mol. The summed E-state index contributed by atoms with van der Waals surface area (Å²) in [7, 11) is 0. The first-order valence-electron chi connectivity index (χ1n) is 10.2. The van der Waals surface area contributed by atoms with Crippen LogP contribution in [0.2, 0.25) is 0 Å². The van der Waals surface area contributed by atoms with Crippen molar-refractivity contribution < 1.29 is 213 Å². The first-order chi connectivity index (χ1) is 19.8. The molecule has 2 aromatic rings. The molecule has 0 amide bonds. The van der Waals surface area contributed by atoms with Gasteiger partial charge < -0.3 is 154 Å². The van der Waals surface area contributed by atoms with Gasteiger partial charge in [-0.15, -0.1) is 0 Å². The molecule has 24 N–H and O–H groups in total. The summed E-state index contributed by atoms with van der Waals surface area (Å²) in [6, 6.07) is 6.26. The summed E-state index contributed by atoms with van der Waals surface area (Å²) >= 11 is 0. The number of benzene rings is 2. The van der Waals surface area contributed by atoms with Crippen molar-refractivity contribution in [2.24, 2.45) is 0 Å². The number of rotatable bonds is 14. The number of carboxylic acid groups (broad SMARTS) is 6. The Kier molecular flexibility index (Phi) is 101. The Morgan fingerprint density at radius 2 is 0.509 bits per heavy atom. The van der Waals surface area contributed by atoms with Gasteiger partial charge in [0.25, 0.3) is 0 Å². The van der Waals surface area contributed by atoms with Gasteiger partial charge in [0.05, 0.1) is 35.8 Å². The predicted octanol–water partition coefficient (Wildman–Crippen LogP) is -19.7. The van der Waals surface area contributed by atoms with E-state index in [1.54, 1.807) is 0 Å². The molecule has 0 saturated heterocycles. The maximum absolute atomic E-state index is 10.7. The van der Waals surface area contributed by atoms with E-state index in [1.165, 1.54) is 0 Å². The summed E-state index contributed by atoms with van der Waals surface area (Å²) in [4.78, 5) is 62.2. The van der Waals surface area contributed by atoms with Gasteiger partial charge in [0.2, 0.25) is 0 Å². The van der Waals surface area contributed by atoms with Crippen LogP contribution in [0.4, 0.5) is 0 Å². The van der Waals surface area contributed by atoms with Gasteiger partial charge >= 0.3 is 58.4 Å². The summed E-state index contributed by atoms with van der Waals surface area (Å²) < 4.78 is 18.8. The zero-order chi connectivity index (χ0) is 32.8. The van der Waals surface area contributed by atoms with Crippen LogP contribution in [-0.4, -0.2) is 128 Å². The van der Waals surface area contributed by atoms with E-state index < -0.39 is 62.2 Å². The number of carbonyl (C=O) groups is 6. The Labute approximate surface area is 344 Å². The van der Waals surface area contributed by atoms with E-state index in [0.29, 0.717) is 0 Å². The van der Waals surface area contributed by atoms with Crippen molar-refractivity contribution in [3.05, 3.63) is 47.5 Å². The number of ether oxygens (including phenoxy) is 4. The molecule has 0 bridgehead atoms. The summed E-state index contributed by atoms with van der Waals surface area (Å²) in [6.07, 6.45) is 0. The molecule has 0 aromatic heterocycles. The molecule has 0 fully saturated rings. The summed E-state index contributed by atoms with van der Waals surface area (Å²) in [6.45, 7) is -3.18. The Bertz CT molecular complexity index is 1070. The van der Waals surface area contributed by atoms with Crippen molar-refractivity contribution in [1.82, 2.24) is 0 Å². The minimum Gasteiger partial charge on any atom is -0.546 e. The van der Waals surface area contributed by atoms with Gasteiger partial charge in [-0.1, -0.05) is 0 Å². The minimum absolute atomic E-state index is 0. The molecule has 0 aliphatic rings. The van der Waals surface area contributed by atoms with Crippen LogP contribution in [-0.2, 0) is 77.6 Å². The van der Waals surface area contributed by atoms with Gasteiger partial charge in [-0.25, -0.2) is 0 Å². The quantitative estimate of drug-likeness (QED) is 0.0734. The molecule has 0 saturated carbocycles. The summed E-state index contributed by atoms with van der Waals surface area (Å²) in [5.41, 5.74) is -0.714. The van der Waals surface area contributed by atoms with Crippen molar-refractivity contribution in [3.63, 3.8) is 0 Å². The van der Waals surface area contributed by atoms with E-state index in [0.717, 1.165) is 36.4 Å². The molecule has 0 heterocycles. The van der Waals surface area contributed by atoms with Crippen LogP contribution in [0.15, 0.2) is 36.4 Å². The topological polar surface area (TPSA) is 685 Å². The van der Waals surface area contributed by atoms with E-state index in [4.69, 9.17) is 29.5 Å². The Hall–Kier alpha value is -4.23. The fraction of sp³-hybridized carbons (Fsp3) is 0.182. The van der Waals surface area contributed by atoms with Gasteiger partial charge in [0.1, 0.15) is 49.4 Å². The van der Waals surface area contributed by atoms with Gasteiger partial charge in [-0.3, -0.25) is 0 Å². The average Bonchev–Trinajstić information content (AvgIpc) is 2.95. The second kappa shape index (κ2) is 56.5. The van der Waals surface area contributed by atoms with Crippen LogP contribution in [0.5, 0.6) is 23.0 Å². The number of carboxylic acids is 6. The Morgan fingerprint density at radius 3 is 0.618 bits per heavy atom. The Balaban J connectivity index is -0.0000000336. The van der Waals surface area contributed by atoms with E-state index in [1.807, 2.05) is 0 Å². The molecule has 0 atom stereocenters. The minimum atomic E-state index is -1.56. The van der Waals surface area contributed by atoms with Crippen LogP contribution < -0.4 is 60.1 Å². The number of aliphatic carboxylic acids is 4. The van der Waals surface area contributed by atoms with Crippen LogP contribution in [0.3, 0.4) is 0 Å². The second-order valence-corrected chi connectivity index (χ2v) is 6.60. The third-order valence-electron chi connectivity index (χ3n) is 3.66. The zero-order valence-corrected chi connectivity index (χ0v) is 36.7. The second-order valence-electron chi connectivity index (χ2n) is 6.60. The van der Waals surface area contributed by atoms with Gasteiger partial charge in [-0.2, -0.15) is 0 Å². The average molecular weight is 979 g/mol. The standard InChI is InChI=1S/2C11H10O8.2H2O2.10H2O.3Zn/c2*12-9(13)4-18-7-1-6(11(16)17)2-8(3-7)19-5-10(14)15;2*1-2;;;;;;;;;;;;;/h2*1-3H,4-5H2,(H,12,13)(H,14,15)(H,16,17);2*1H2;10*1H2;;;/q;;;;;;;;;;;;;;3*+2/p-6. The van der Waals surface area contributed by atoms with Crippen molar-refractivity contribution in [3.8, 4) is 23.0 Å². The maximum atomic E-state index is 10.7. The number of hydrogen-bond acceptors (Lipinski definition) is 18. The largest absolute Gasteiger partial charge is 2.00 e. The van der Waals surface area contributed by atoms with Crippen molar-refractivity contribution in [2.45, 2.75) is 0 Å². The Morgan fingerprint density at radius 1 is 0.364 bits per heavy atom. The first-order valence-corrected chi connectivity index (χ1v) is 10.2. The number of aromatic carboxylic acids is 2. The molecule has 0 radical (unpaired) electrons. The molecule has 33 heteroatoms. The maximum Gasteiger partial charge on any atom is 2.00 e. The fourth-order valence-corrected chi connectivity index (χ4v) is 2.28. The SMILES string of the molecule is O.O.O.O.O.O.O.O.O.O.O=C([O-])COc1cc(OCC(=O)[O-])cc(C(=O)[O-])c1.O=C([O-])COc1cc(OCC(=O)[O-])cc(C(=O)[O-])c1.[O-][OH2+].[O-][OH2+].[Zn+2].[Zn+2].[Zn+2]. The molecule has 0 spiro atoms. The van der Waals surface area contributed by atoms with Gasteiger partial charge in [0, 0.05) is 23.3 Å². The van der Waals surface area contributed by atoms with E-state index in [2.05, 4.69) is 10.5 Å². The molecule has 2 rings (SSSR count). The van der Waals surface area contributed by atoms with Crippen LogP contribution in [0, 0.1) is 0 Å². The molecule has 2 aromatic carbocycles. The van der Waals surface area contributed by atoms with E-state index in [-0.39, 0.29) is 147 Å². The van der Waals surface area contributed by atoms with Crippen molar-refractivity contribution >= 4 is 35.8 Å². The van der Waals surface area contributed by atoms with Gasteiger partial charge in [0.15, 0.2) is 0 Å². The normalized spacial score (nSPS) is 6.91. The molecule has 312 valence electrons. The molecule has 0 aliphatic carbocycles. The van der Waals surface area contributed by atoms with E-state index >= 15 is 0 Å². The third kappa shape index (κ3) is 49.8. The molecular formula is C22H38O30Zn3. The smallest absolute Gasteiger partial charge is 0.546 e. The fourth-order valence-electron chi connectivity index (χ4n) is 2.28. The van der Waals surface area contributed by atoms with Crippen molar-refractivity contribution in [1.29, 1.82) is 0 Å². The van der Waals surface area contributed by atoms with Gasteiger partial charge in [-0.05, 0) is 24.3 Å². The summed E-state index contributed by atoms with van der Waals surface area (Å²) in [5, 5.41) is 86.2. The first kappa shape index (κ1) is 98.3. The molecule has 55 heavy (non-hydrogen) atoms. The monoisotopic (exact) mass is 974 g/mol. The van der Waals surface area contributed by atoms with Crippen LogP contribution in [0.1, 0.15) is 20.7 Å². The zero-order valence-electron chi connectivity index (χ0n) is 27.8. The third-order valence-corrected chi connectivity index (χ3v) is 3.66. The molecule has 0 unspecified atom stereocenters. The molecule has 0 aliphatic heterocycles. The van der Waals surface area contributed by atoms with Crippen molar-refractivity contribution in [2.75, 3.05) is 26.4 Å². The molecular weight excluding hydrogens is 940 g/mol. The van der Waals surface area contributed by atoms with Crippen LogP contribution >= 0.6 is 0 Å². The molecule has 30 nitrogen and oxygen atoms in total. The summed E-state index contributed by atoms with van der Waals surface area (Å²) in [5.74, 6) is -9.69.